The van der Waals surface area contributed by atoms with Crippen LogP contribution >= 0.6 is 0 Å². The van der Waals surface area contributed by atoms with Crippen LogP contribution in [0.15, 0.2) is 18.2 Å². The lowest BCUT2D eigenvalue weighted by molar-refractivity contribution is -0.136. The maximum absolute atomic E-state index is 13.6. The van der Waals surface area contributed by atoms with Crippen LogP contribution in [0.2, 0.25) is 0 Å². The third-order valence-electron chi connectivity index (χ3n) is 5.88. The Morgan fingerprint density at radius 2 is 1.79 bits per heavy atom. The summed E-state index contributed by atoms with van der Waals surface area (Å²) in [6.45, 7) is 7.65. The molecule has 0 saturated carbocycles. The van der Waals surface area contributed by atoms with Crippen LogP contribution in [0.5, 0.6) is 0 Å². The summed E-state index contributed by atoms with van der Waals surface area (Å²) in [7, 11) is 2.10. The number of carbonyl (C=O) groups excluding carboxylic acids is 2. The predicted octanol–water partition coefficient (Wildman–Crippen LogP) is 1.24. The minimum Gasteiger partial charge on any atom is -0.352 e. The van der Waals surface area contributed by atoms with E-state index < -0.39 is 0 Å². The number of halogens is 1. The van der Waals surface area contributed by atoms with Gasteiger partial charge in [-0.2, -0.15) is 0 Å². The molecule has 0 spiro atoms. The molecular formula is C21H31FN4O2. The van der Waals surface area contributed by atoms with Gasteiger partial charge in [-0.25, -0.2) is 4.39 Å². The molecule has 0 aromatic heterocycles. The molecule has 0 radical (unpaired) electrons. The van der Waals surface area contributed by atoms with E-state index in [9.17, 15) is 14.0 Å². The first-order valence-corrected chi connectivity index (χ1v) is 10.1. The molecule has 2 aliphatic rings. The van der Waals surface area contributed by atoms with Crippen molar-refractivity contribution >= 4 is 11.8 Å². The Morgan fingerprint density at radius 3 is 2.43 bits per heavy atom. The van der Waals surface area contributed by atoms with Gasteiger partial charge in [0.15, 0.2) is 0 Å². The van der Waals surface area contributed by atoms with Crippen LogP contribution in [0, 0.1) is 18.7 Å². The summed E-state index contributed by atoms with van der Waals surface area (Å²) in [6.07, 6.45) is 1.37. The molecule has 1 aromatic carbocycles. The monoisotopic (exact) mass is 390 g/mol. The molecule has 3 rings (SSSR count). The van der Waals surface area contributed by atoms with Crippen molar-refractivity contribution < 1.29 is 14.0 Å². The van der Waals surface area contributed by atoms with Gasteiger partial charge in [-0.3, -0.25) is 14.5 Å². The average molecular weight is 391 g/mol. The summed E-state index contributed by atoms with van der Waals surface area (Å²) in [5.74, 6) is -0.174. The Balaban J connectivity index is 1.39. The molecule has 1 N–H and O–H groups in total. The zero-order chi connectivity index (χ0) is 20.1. The number of hydrogen-bond donors (Lipinski definition) is 1. The van der Waals surface area contributed by atoms with Gasteiger partial charge in [-0.1, -0.05) is 12.1 Å². The van der Waals surface area contributed by atoms with Gasteiger partial charge in [-0.15, -0.1) is 0 Å². The van der Waals surface area contributed by atoms with E-state index in [-0.39, 0.29) is 23.5 Å². The highest BCUT2D eigenvalue weighted by Gasteiger charge is 2.28. The number of carbonyl (C=O) groups is 2. The largest absolute Gasteiger partial charge is 0.352 e. The molecule has 0 unspecified atom stereocenters. The van der Waals surface area contributed by atoms with Gasteiger partial charge in [0.25, 0.3) is 0 Å². The molecule has 0 bridgehead atoms. The Morgan fingerprint density at radius 1 is 1.11 bits per heavy atom. The first-order valence-electron chi connectivity index (χ1n) is 10.1. The zero-order valence-electron chi connectivity index (χ0n) is 16.9. The average Bonchev–Trinajstić information content (AvgIpc) is 2.70. The van der Waals surface area contributed by atoms with Crippen molar-refractivity contribution in [3.63, 3.8) is 0 Å². The highest BCUT2D eigenvalue weighted by Crippen LogP contribution is 2.18. The SMILES string of the molecule is Cc1ccc(CNC(=O)C2CCN(C(=O)CN3CCN(C)CC3)CC2)cc1F. The molecule has 2 saturated heterocycles. The second-order valence-corrected chi connectivity index (χ2v) is 8.04. The molecule has 2 heterocycles. The number of nitrogens with one attached hydrogen (secondary N) is 1. The first kappa shape index (κ1) is 20.7. The molecule has 28 heavy (non-hydrogen) atoms. The van der Waals surface area contributed by atoms with Gasteiger partial charge < -0.3 is 15.1 Å². The third-order valence-corrected chi connectivity index (χ3v) is 5.88. The summed E-state index contributed by atoms with van der Waals surface area (Å²) in [5.41, 5.74) is 1.36. The molecule has 2 fully saturated rings. The van der Waals surface area contributed by atoms with Crippen molar-refractivity contribution in [3.8, 4) is 0 Å². The van der Waals surface area contributed by atoms with Crippen molar-refractivity contribution in [2.75, 3.05) is 52.9 Å². The van der Waals surface area contributed by atoms with E-state index in [4.69, 9.17) is 0 Å². The zero-order valence-corrected chi connectivity index (χ0v) is 16.9. The fourth-order valence-corrected chi connectivity index (χ4v) is 3.77. The number of likely N-dealkylation sites (N-methyl/N-ethyl adjacent to an activating group) is 1. The summed E-state index contributed by atoms with van der Waals surface area (Å²) in [6, 6.07) is 5.02. The Hall–Kier alpha value is -1.99. The van der Waals surface area contributed by atoms with Gasteiger partial charge in [0, 0.05) is 51.7 Å². The number of hydrogen-bond acceptors (Lipinski definition) is 4. The summed E-state index contributed by atoms with van der Waals surface area (Å²) >= 11 is 0. The number of rotatable bonds is 5. The van der Waals surface area contributed by atoms with Crippen LogP contribution < -0.4 is 5.32 Å². The Bertz CT molecular complexity index is 696. The molecule has 154 valence electrons. The maximum atomic E-state index is 13.6. The smallest absolute Gasteiger partial charge is 0.236 e. The van der Waals surface area contributed by atoms with Crippen LogP contribution in [0.3, 0.4) is 0 Å². The fourth-order valence-electron chi connectivity index (χ4n) is 3.77. The van der Waals surface area contributed by atoms with Gasteiger partial charge in [0.2, 0.25) is 11.8 Å². The third kappa shape index (κ3) is 5.52. The minimum absolute atomic E-state index is 0.00727. The van der Waals surface area contributed by atoms with E-state index in [0.29, 0.717) is 44.6 Å². The topological polar surface area (TPSA) is 55.9 Å². The molecular weight excluding hydrogens is 359 g/mol. The standard InChI is InChI=1S/C21H31FN4O2/c1-16-3-4-17(13-19(16)22)14-23-21(28)18-5-7-26(8-6-18)20(27)15-25-11-9-24(2)10-12-25/h3-4,13,18H,5-12,14-15H2,1-2H3,(H,23,28). The number of likely N-dealkylation sites (tertiary alicyclic amines) is 1. The van der Waals surface area contributed by atoms with Gasteiger partial charge in [0.1, 0.15) is 5.82 Å². The van der Waals surface area contributed by atoms with Crippen molar-refractivity contribution in [3.05, 3.63) is 35.1 Å². The van der Waals surface area contributed by atoms with Crippen molar-refractivity contribution in [2.24, 2.45) is 5.92 Å². The fraction of sp³-hybridized carbons (Fsp3) is 0.619. The number of piperazine rings is 1. The van der Waals surface area contributed by atoms with Crippen LogP contribution in [-0.4, -0.2) is 79.4 Å². The molecule has 2 amide bonds. The molecule has 7 heteroatoms. The second kappa shape index (κ2) is 9.47. The molecule has 0 aliphatic carbocycles. The Labute approximate surface area is 166 Å². The van der Waals surface area contributed by atoms with E-state index in [0.717, 1.165) is 31.7 Å². The minimum atomic E-state index is -0.251. The number of benzene rings is 1. The van der Waals surface area contributed by atoms with E-state index in [1.165, 1.54) is 6.07 Å². The normalized spacial score (nSPS) is 19.6. The lowest BCUT2D eigenvalue weighted by Gasteiger charge is -2.35. The summed E-state index contributed by atoms with van der Waals surface area (Å²) in [4.78, 5) is 31.3. The quantitative estimate of drug-likeness (QED) is 0.822. The summed E-state index contributed by atoms with van der Waals surface area (Å²) in [5, 5.41) is 2.91. The number of amides is 2. The van der Waals surface area contributed by atoms with E-state index in [1.54, 1.807) is 13.0 Å². The number of aryl methyl sites for hydroxylation is 1. The Kier molecular flexibility index (Phi) is 7.02. The lowest BCUT2D eigenvalue weighted by Crippen LogP contribution is -2.50. The van der Waals surface area contributed by atoms with Crippen LogP contribution in [0.1, 0.15) is 24.0 Å². The molecule has 6 nitrogen and oxygen atoms in total. The van der Waals surface area contributed by atoms with Crippen LogP contribution in [0.4, 0.5) is 4.39 Å². The highest BCUT2D eigenvalue weighted by molar-refractivity contribution is 5.80. The van der Waals surface area contributed by atoms with E-state index >= 15 is 0 Å². The van der Waals surface area contributed by atoms with Crippen LogP contribution in [0.25, 0.3) is 0 Å². The number of nitrogens with zero attached hydrogens (tertiary/aromatic N) is 3. The lowest BCUT2D eigenvalue weighted by atomic mass is 9.95. The first-order chi connectivity index (χ1) is 13.4. The van der Waals surface area contributed by atoms with E-state index in [1.807, 2.05) is 11.0 Å². The summed E-state index contributed by atoms with van der Waals surface area (Å²) < 4.78 is 13.6. The van der Waals surface area contributed by atoms with Gasteiger partial charge in [0.05, 0.1) is 6.54 Å². The molecule has 1 aromatic rings. The van der Waals surface area contributed by atoms with Crippen molar-refractivity contribution in [2.45, 2.75) is 26.3 Å². The highest BCUT2D eigenvalue weighted by atomic mass is 19.1. The maximum Gasteiger partial charge on any atom is 0.236 e. The van der Waals surface area contributed by atoms with Gasteiger partial charge in [-0.05, 0) is 44.0 Å². The molecule has 0 atom stereocenters. The second-order valence-electron chi connectivity index (χ2n) is 8.04. The van der Waals surface area contributed by atoms with Crippen molar-refractivity contribution in [1.82, 2.24) is 20.0 Å². The predicted molar refractivity (Wildman–Crippen MR) is 106 cm³/mol. The molecule has 2 aliphatic heterocycles. The number of piperidine rings is 1. The van der Waals surface area contributed by atoms with Crippen molar-refractivity contribution in [1.29, 1.82) is 0 Å². The van der Waals surface area contributed by atoms with E-state index in [2.05, 4.69) is 22.2 Å². The van der Waals surface area contributed by atoms with Gasteiger partial charge >= 0.3 is 0 Å². The van der Waals surface area contributed by atoms with Crippen LogP contribution in [-0.2, 0) is 16.1 Å².